The highest BCUT2D eigenvalue weighted by Gasteiger charge is 2.11. The van der Waals surface area contributed by atoms with Crippen molar-refractivity contribution in [2.24, 2.45) is 0 Å². The first kappa shape index (κ1) is 27.3. The third kappa shape index (κ3) is 7.00. The first-order valence-electron chi connectivity index (χ1n) is 14.2. The van der Waals surface area contributed by atoms with Crippen LogP contribution in [0.25, 0.3) is 21.8 Å². The fourth-order valence-electron chi connectivity index (χ4n) is 5.10. The molecule has 206 valence electrons. The number of hydrogen-bond acceptors (Lipinski definition) is 4. The number of amides is 1. The highest BCUT2D eigenvalue weighted by atomic mass is 16.5. The maximum Gasteiger partial charge on any atom is 0.224 e. The second kappa shape index (κ2) is 13.7. The molecule has 0 atom stereocenters. The summed E-state index contributed by atoms with van der Waals surface area (Å²) in [6, 6.07) is 30.5. The molecule has 0 saturated carbocycles. The lowest BCUT2D eigenvalue weighted by Crippen LogP contribution is -2.26. The topological polar surface area (TPSA) is 65.4 Å². The van der Waals surface area contributed by atoms with E-state index in [-0.39, 0.29) is 5.91 Å². The molecule has 0 saturated heterocycles. The fraction of sp³-hybridized carbons (Fsp3) is 0.294. The molecule has 1 aromatic heterocycles. The number of ether oxygens (including phenoxy) is 2. The van der Waals surface area contributed by atoms with Gasteiger partial charge in [-0.05, 0) is 60.5 Å². The molecule has 5 rings (SSSR count). The van der Waals surface area contributed by atoms with Crippen molar-refractivity contribution in [3.8, 4) is 11.5 Å². The Bertz CT molecular complexity index is 1540. The largest absolute Gasteiger partial charge is 0.497 e. The van der Waals surface area contributed by atoms with Crippen LogP contribution in [0.15, 0.2) is 91.0 Å². The zero-order valence-corrected chi connectivity index (χ0v) is 23.1. The summed E-state index contributed by atoms with van der Waals surface area (Å²) < 4.78 is 13.7. The van der Waals surface area contributed by atoms with Crippen LogP contribution in [0.2, 0.25) is 0 Å². The van der Waals surface area contributed by atoms with E-state index >= 15 is 0 Å². The van der Waals surface area contributed by atoms with E-state index in [0.29, 0.717) is 19.6 Å². The molecule has 1 N–H and O–H groups in total. The van der Waals surface area contributed by atoms with Crippen LogP contribution in [0.4, 0.5) is 0 Å². The maximum absolute atomic E-state index is 12.3. The number of aromatic nitrogens is 2. The number of hydrogen-bond donors (Lipinski definition) is 1. The van der Waals surface area contributed by atoms with Gasteiger partial charge < -0.3 is 19.4 Å². The number of carbonyl (C=O) groups excluding carboxylic acids is 1. The summed E-state index contributed by atoms with van der Waals surface area (Å²) in [4.78, 5) is 17.2. The molecule has 0 aliphatic heterocycles. The number of benzene rings is 4. The quantitative estimate of drug-likeness (QED) is 0.160. The highest BCUT2D eigenvalue weighted by Crippen LogP contribution is 2.25. The molecule has 0 bridgehead atoms. The first-order valence-corrected chi connectivity index (χ1v) is 14.2. The fourth-order valence-corrected chi connectivity index (χ4v) is 5.10. The van der Waals surface area contributed by atoms with Gasteiger partial charge in [-0.2, -0.15) is 0 Å². The molecule has 0 unspecified atom stereocenters. The lowest BCUT2D eigenvalue weighted by Gasteiger charge is -2.12. The Morgan fingerprint density at radius 3 is 2.52 bits per heavy atom. The zero-order chi connectivity index (χ0) is 27.6. The van der Waals surface area contributed by atoms with Gasteiger partial charge in [-0.1, -0.05) is 67.1 Å². The Morgan fingerprint density at radius 2 is 1.65 bits per heavy atom. The Labute approximate surface area is 236 Å². The predicted octanol–water partition coefficient (Wildman–Crippen LogP) is 6.74. The van der Waals surface area contributed by atoms with E-state index in [2.05, 4.69) is 58.4 Å². The summed E-state index contributed by atoms with van der Waals surface area (Å²) in [6.45, 7) is 2.20. The molecule has 0 fully saturated rings. The number of nitrogens with one attached hydrogen (secondary N) is 1. The lowest BCUT2D eigenvalue weighted by atomic mass is 10.1. The van der Waals surface area contributed by atoms with Crippen LogP contribution in [0.1, 0.15) is 37.1 Å². The summed E-state index contributed by atoms with van der Waals surface area (Å²) in [7, 11) is 1.64. The van der Waals surface area contributed by atoms with Gasteiger partial charge >= 0.3 is 0 Å². The van der Waals surface area contributed by atoms with Crippen molar-refractivity contribution in [1.29, 1.82) is 0 Å². The number of rotatable bonds is 14. The predicted molar refractivity (Wildman–Crippen MR) is 161 cm³/mol. The van der Waals surface area contributed by atoms with Crippen molar-refractivity contribution in [1.82, 2.24) is 14.9 Å². The average Bonchev–Trinajstić information content (AvgIpc) is 3.34. The third-order valence-corrected chi connectivity index (χ3v) is 7.19. The van der Waals surface area contributed by atoms with Crippen LogP contribution >= 0.6 is 0 Å². The van der Waals surface area contributed by atoms with E-state index in [4.69, 9.17) is 14.5 Å². The summed E-state index contributed by atoms with van der Waals surface area (Å²) in [5, 5.41) is 5.39. The van der Waals surface area contributed by atoms with Crippen LogP contribution < -0.4 is 14.8 Å². The summed E-state index contributed by atoms with van der Waals surface area (Å²) in [5.41, 5.74) is 3.20. The van der Waals surface area contributed by atoms with Crippen molar-refractivity contribution in [3.05, 3.63) is 102 Å². The lowest BCUT2D eigenvalue weighted by molar-refractivity contribution is -0.120. The highest BCUT2D eigenvalue weighted by molar-refractivity contribution is 5.88. The van der Waals surface area contributed by atoms with E-state index in [9.17, 15) is 4.79 Å². The molecule has 0 radical (unpaired) electrons. The third-order valence-electron chi connectivity index (χ3n) is 7.19. The van der Waals surface area contributed by atoms with Crippen molar-refractivity contribution in [3.63, 3.8) is 0 Å². The SMILES string of the molecule is COc1ccc(CC(=O)NCCCCCc2nc3ccccc3n2CCCOc2cccc3ccccc23)cc1. The van der Waals surface area contributed by atoms with Gasteiger partial charge in [-0.15, -0.1) is 0 Å². The van der Waals surface area contributed by atoms with Crippen LogP contribution in [-0.2, 0) is 24.2 Å². The van der Waals surface area contributed by atoms with Crippen molar-refractivity contribution in [2.75, 3.05) is 20.3 Å². The van der Waals surface area contributed by atoms with Crippen LogP contribution in [0.3, 0.4) is 0 Å². The van der Waals surface area contributed by atoms with Gasteiger partial charge in [0.05, 0.1) is 31.2 Å². The summed E-state index contributed by atoms with van der Waals surface area (Å²) in [5.74, 6) is 2.91. The van der Waals surface area contributed by atoms with E-state index in [1.807, 2.05) is 42.5 Å². The molecule has 6 nitrogen and oxygen atoms in total. The van der Waals surface area contributed by atoms with Gasteiger partial charge in [0, 0.05) is 24.9 Å². The van der Waals surface area contributed by atoms with Crippen LogP contribution in [0, 0.1) is 0 Å². The van der Waals surface area contributed by atoms with Gasteiger partial charge in [0.2, 0.25) is 5.91 Å². The number of carbonyl (C=O) groups is 1. The molecule has 1 amide bonds. The Morgan fingerprint density at radius 1 is 0.850 bits per heavy atom. The van der Waals surface area contributed by atoms with Gasteiger partial charge in [0.1, 0.15) is 17.3 Å². The zero-order valence-electron chi connectivity index (χ0n) is 23.1. The maximum atomic E-state index is 12.3. The molecule has 4 aromatic carbocycles. The number of nitrogens with zero attached hydrogens (tertiary/aromatic N) is 2. The van der Waals surface area contributed by atoms with Gasteiger partial charge in [-0.25, -0.2) is 4.98 Å². The molecule has 0 spiro atoms. The second-order valence-corrected chi connectivity index (χ2v) is 10.0. The van der Waals surface area contributed by atoms with Crippen molar-refractivity contribution in [2.45, 2.75) is 45.1 Å². The molecule has 1 heterocycles. The molecule has 0 aliphatic carbocycles. The van der Waals surface area contributed by atoms with Crippen LogP contribution in [0.5, 0.6) is 11.5 Å². The number of methoxy groups -OCH3 is 1. The minimum absolute atomic E-state index is 0.0534. The molecular weight excluding hydrogens is 498 g/mol. The minimum Gasteiger partial charge on any atom is -0.497 e. The molecular formula is C34H37N3O3. The van der Waals surface area contributed by atoms with E-state index in [0.717, 1.165) is 72.4 Å². The number of fused-ring (bicyclic) bond motifs is 2. The second-order valence-electron chi connectivity index (χ2n) is 10.0. The van der Waals surface area contributed by atoms with E-state index in [1.54, 1.807) is 7.11 Å². The average molecular weight is 536 g/mol. The normalized spacial score (nSPS) is 11.1. The van der Waals surface area contributed by atoms with E-state index < -0.39 is 0 Å². The monoisotopic (exact) mass is 535 g/mol. The number of para-hydroxylation sites is 2. The van der Waals surface area contributed by atoms with Gasteiger partial charge in [-0.3, -0.25) is 4.79 Å². The first-order chi connectivity index (χ1) is 19.7. The smallest absolute Gasteiger partial charge is 0.224 e. The minimum atomic E-state index is 0.0534. The summed E-state index contributed by atoms with van der Waals surface area (Å²) >= 11 is 0. The standard InChI is InChI=1S/C34H37N3O3/c1-39-28-20-18-26(19-21-28)25-34(38)35-22-8-2-3-17-33-36-30-14-6-7-15-31(30)37(33)23-10-24-40-32-16-9-12-27-11-4-5-13-29(27)32/h4-7,9,11-16,18-21H,2-3,8,10,17,22-25H2,1H3,(H,35,38). The van der Waals surface area contributed by atoms with Crippen LogP contribution in [-0.4, -0.2) is 35.7 Å². The van der Waals surface area contributed by atoms with Crippen molar-refractivity contribution >= 4 is 27.7 Å². The summed E-state index contributed by atoms with van der Waals surface area (Å²) in [6.07, 6.45) is 5.22. The Kier molecular flexibility index (Phi) is 9.30. The Balaban J connectivity index is 1.08. The molecule has 5 aromatic rings. The number of unbranched alkanes of at least 4 members (excludes halogenated alkanes) is 2. The molecule has 40 heavy (non-hydrogen) atoms. The van der Waals surface area contributed by atoms with Gasteiger partial charge in [0.25, 0.3) is 0 Å². The number of imidazole rings is 1. The Hall–Kier alpha value is -4.32. The molecule has 6 heteroatoms. The molecule has 0 aliphatic rings. The van der Waals surface area contributed by atoms with Crippen molar-refractivity contribution < 1.29 is 14.3 Å². The van der Waals surface area contributed by atoms with E-state index in [1.165, 1.54) is 10.9 Å². The number of aryl methyl sites for hydroxylation is 2. The van der Waals surface area contributed by atoms with Gasteiger partial charge in [0.15, 0.2) is 0 Å².